The van der Waals surface area contributed by atoms with Crippen LogP contribution in [0.15, 0.2) is 54.6 Å². The Morgan fingerprint density at radius 2 is 1.68 bits per heavy atom. The van der Waals surface area contributed by atoms with Crippen LogP contribution in [0.2, 0.25) is 0 Å². The molecule has 1 saturated heterocycles. The van der Waals surface area contributed by atoms with Crippen molar-refractivity contribution >= 4 is 22.2 Å². The van der Waals surface area contributed by atoms with Crippen LogP contribution in [-0.4, -0.2) is 55.0 Å². The van der Waals surface area contributed by atoms with Crippen LogP contribution in [0.25, 0.3) is 0 Å². The van der Waals surface area contributed by atoms with Crippen LogP contribution in [0.1, 0.15) is 51.8 Å². The van der Waals surface area contributed by atoms with Crippen molar-refractivity contribution < 1.29 is 9.53 Å². The zero-order chi connectivity index (χ0) is 24.1. The van der Waals surface area contributed by atoms with Gasteiger partial charge in [-0.05, 0) is 62.7 Å². The number of piperazine rings is 1. The number of aryl methyl sites for hydroxylation is 1. The molecule has 2 heterocycles. The van der Waals surface area contributed by atoms with Gasteiger partial charge in [-0.25, -0.2) is 0 Å². The van der Waals surface area contributed by atoms with E-state index in [4.69, 9.17) is 4.74 Å². The molecule has 0 radical (unpaired) electrons. The molecule has 1 aromatic heterocycles. The van der Waals surface area contributed by atoms with E-state index in [1.807, 2.05) is 37.3 Å². The minimum absolute atomic E-state index is 0.0654. The van der Waals surface area contributed by atoms with Crippen LogP contribution in [0, 0.1) is 13.8 Å². The van der Waals surface area contributed by atoms with Crippen molar-refractivity contribution in [3.63, 3.8) is 0 Å². The Morgan fingerprint density at radius 1 is 1.00 bits per heavy atom. The molecule has 0 aliphatic carbocycles. The molecule has 1 fully saturated rings. The van der Waals surface area contributed by atoms with Gasteiger partial charge >= 0.3 is 0 Å². The van der Waals surface area contributed by atoms with E-state index >= 15 is 0 Å². The lowest BCUT2D eigenvalue weighted by Gasteiger charge is -2.39. The standard InChI is InChI=1S/C28H35N3O2S/c1-5-30-16-18-31(19-17-30)26(22-12-14-24(15-13-22)33-6-2)25-20(3)21(4)34-28(25)29-27(32)23-10-8-7-9-11-23/h7-15,26H,5-6,16-19H2,1-4H3,(H,29,32). The normalized spacial score (nSPS) is 15.8. The molecule has 180 valence electrons. The van der Waals surface area contributed by atoms with Crippen molar-refractivity contribution in [2.75, 3.05) is 44.6 Å². The Labute approximate surface area is 207 Å². The van der Waals surface area contributed by atoms with Crippen molar-refractivity contribution in [3.05, 3.63) is 81.7 Å². The molecule has 0 spiro atoms. The smallest absolute Gasteiger partial charge is 0.256 e. The zero-order valence-electron chi connectivity index (χ0n) is 20.6. The summed E-state index contributed by atoms with van der Waals surface area (Å²) in [5, 5.41) is 4.19. The summed E-state index contributed by atoms with van der Waals surface area (Å²) in [6.45, 7) is 14.4. The van der Waals surface area contributed by atoms with Crippen LogP contribution in [0.5, 0.6) is 5.75 Å². The van der Waals surface area contributed by atoms with Gasteiger partial charge in [0.05, 0.1) is 12.6 Å². The molecule has 1 unspecified atom stereocenters. The van der Waals surface area contributed by atoms with Crippen molar-refractivity contribution in [2.24, 2.45) is 0 Å². The van der Waals surface area contributed by atoms with Gasteiger partial charge in [-0.2, -0.15) is 0 Å². The maximum atomic E-state index is 13.1. The lowest BCUT2D eigenvalue weighted by Crippen LogP contribution is -2.47. The second-order valence-corrected chi connectivity index (χ2v) is 9.95. The molecule has 3 aromatic rings. The summed E-state index contributed by atoms with van der Waals surface area (Å²) < 4.78 is 5.70. The van der Waals surface area contributed by atoms with Crippen molar-refractivity contribution in [1.82, 2.24) is 9.80 Å². The molecule has 1 aliphatic rings. The van der Waals surface area contributed by atoms with E-state index in [2.05, 4.69) is 60.2 Å². The van der Waals surface area contributed by atoms with E-state index in [0.29, 0.717) is 12.2 Å². The fraction of sp³-hybridized carbons (Fsp3) is 0.393. The highest BCUT2D eigenvalue weighted by Crippen LogP contribution is 2.43. The highest BCUT2D eigenvalue weighted by Gasteiger charge is 2.31. The monoisotopic (exact) mass is 477 g/mol. The number of amides is 1. The van der Waals surface area contributed by atoms with E-state index in [0.717, 1.165) is 43.5 Å². The van der Waals surface area contributed by atoms with Gasteiger partial charge in [0.15, 0.2) is 0 Å². The van der Waals surface area contributed by atoms with Gasteiger partial charge in [0, 0.05) is 42.2 Å². The molecule has 0 saturated carbocycles. The first-order chi connectivity index (χ1) is 16.5. The molecular formula is C28H35N3O2S. The first-order valence-electron chi connectivity index (χ1n) is 12.2. The van der Waals surface area contributed by atoms with E-state index in [9.17, 15) is 4.79 Å². The average molecular weight is 478 g/mol. The molecule has 1 N–H and O–H groups in total. The number of nitrogens with zero attached hydrogens (tertiary/aromatic N) is 2. The Bertz CT molecular complexity index is 1090. The fourth-order valence-corrected chi connectivity index (χ4v) is 5.73. The number of nitrogens with one attached hydrogen (secondary N) is 1. The number of ether oxygens (including phenoxy) is 1. The molecule has 6 heteroatoms. The second-order valence-electron chi connectivity index (χ2n) is 8.72. The first kappa shape index (κ1) is 24.5. The molecule has 4 rings (SSSR count). The lowest BCUT2D eigenvalue weighted by atomic mass is 9.94. The number of thiophene rings is 1. The van der Waals surface area contributed by atoms with E-state index < -0.39 is 0 Å². The van der Waals surface area contributed by atoms with Crippen molar-refractivity contribution in [1.29, 1.82) is 0 Å². The molecule has 1 aliphatic heterocycles. The van der Waals surface area contributed by atoms with Crippen LogP contribution in [0.3, 0.4) is 0 Å². The van der Waals surface area contributed by atoms with E-state index in [-0.39, 0.29) is 11.9 Å². The SMILES string of the molecule is CCOc1ccc(C(c2c(NC(=O)c3ccccc3)sc(C)c2C)N2CCN(CC)CC2)cc1. The van der Waals surface area contributed by atoms with Gasteiger partial charge in [0.1, 0.15) is 10.8 Å². The summed E-state index contributed by atoms with van der Waals surface area (Å²) in [6, 6.07) is 18.0. The highest BCUT2D eigenvalue weighted by molar-refractivity contribution is 7.16. The summed E-state index contributed by atoms with van der Waals surface area (Å²) >= 11 is 1.67. The number of anilines is 1. The molecule has 1 amide bonds. The number of likely N-dealkylation sites (N-methyl/N-ethyl adjacent to an activating group) is 1. The van der Waals surface area contributed by atoms with Gasteiger partial charge in [0.2, 0.25) is 0 Å². The van der Waals surface area contributed by atoms with E-state index in [1.54, 1.807) is 11.3 Å². The Morgan fingerprint density at radius 3 is 2.29 bits per heavy atom. The van der Waals surface area contributed by atoms with Crippen molar-refractivity contribution in [2.45, 2.75) is 33.7 Å². The van der Waals surface area contributed by atoms with Crippen LogP contribution >= 0.6 is 11.3 Å². The average Bonchev–Trinajstić information content (AvgIpc) is 3.14. The van der Waals surface area contributed by atoms with Gasteiger partial charge < -0.3 is 15.0 Å². The molecule has 34 heavy (non-hydrogen) atoms. The second kappa shape index (κ2) is 11.2. The maximum absolute atomic E-state index is 13.1. The molecule has 5 nitrogen and oxygen atoms in total. The highest BCUT2D eigenvalue weighted by atomic mass is 32.1. The third-order valence-electron chi connectivity index (χ3n) is 6.69. The summed E-state index contributed by atoms with van der Waals surface area (Å²) in [7, 11) is 0. The summed E-state index contributed by atoms with van der Waals surface area (Å²) in [5.41, 5.74) is 4.36. The Balaban J connectivity index is 1.72. The fourth-order valence-electron chi connectivity index (χ4n) is 4.64. The van der Waals surface area contributed by atoms with Gasteiger partial charge in [-0.15, -0.1) is 11.3 Å². The third kappa shape index (κ3) is 5.35. The first-order valence-corrected chi connectivity index (χ1v) is 13.0. The van der Waals surface area contributed by atoms with E-state index in [1.165, 1.54) is 21.6 Å². The third-order valence-corrected chi connectivity index (χ3v) is 7.83. The topological polar surface area (TPSA) is 44.8 Å². The number of carbonyl (C=O) groups excluding carboxylic acids is 1. The Hall–Kier alpha value is -2.67. The van der Waals surface area contributed by atoms with Gasteiger partial charge in [-0.1, -0.05) is 37.3 Å². The van der Waals surface area contributed by atoms with Gasteiger partial charge in [-0.3, -0.25) is 9.69 Å². The Kier molecular flexibility index (Phi) is 8.03. The lowest BCUT2D eigenvalue weighted by molar-refractivity contribution is 0.102. The zero-order valence-corrected chi connectivity index (χ0v) is 21.5. The van der Waals surface area contributed by atoms with Crippen LogP contribution in [0.4, 0.5) is 5.00 Å². The summed E-state index contributed by atoms with van der Waals surface area (Å²) in [6.07, 6.45) is 0. The minimum Gasteiger partial charge on any atom is -0.494 e. The molecule has 2 aromatic carbocycles. The predicted octanol–water partition coefficient (Wildman–Crippen LogP) is 5.74. The number of carbonyl (C=O) groups is 1. The number of hydrogen-bond donors (Lipinski definition) is 1. The molecule has 0 bridgehead atoms. The van der Waals surface area contributed by atoms with Gasteiger partial charge in [0.25, 0.3) is 5.91 Å². The number of hydrogen-bond acceptors (Lipinski definition) is 5. The van der Waals surface area contributed by atoms with Crippen LogP contribution < -0.4 is 10.1 Å². The minimum atomic E-state index is -0.0654. The largest absolute Gasteiger partial charge is 0.494 e. The summed E-state index contributed by atoms with van der Waals surface area (Å²) in [4.78, 5) is 19.4. The number of benzene rings is 2. The van der Waals surface area contributed by atoms with Crippen LogP contribution in [-0.2, 0) is 0 Å². The number of rotatable bonds is 8. The summed E-state index contributed by atoms with van der Waals surface area (Å²) in [5.74, 6) is 0.820. The molecular weight excluding hydrogens is 442 g/mol. The maximum Gasteiger partial charge on any atom is 0.256 e. The van der Waals surface area contributed by atoms with Crippen molar-refractivity contribution in [3.8, 4) is 5.75 Å². The quantitative estimate of drug-likeness (QED) is 0.449. The predicted molar refractivity (Wildman–Crippen MR) is 141 cm³/mol. The molecule has 1 atom stereocenters.